The van der Waals surface area contributed by atoms with Crippen LogP contribution in [0.5, 0.6) is 0 Å². The molecule has 12 heavy (non-hydrogen) atoms. The van der Waals surface area contributed by atoms with E-state index >= 15 is 0 Å². The molecule has 2 N–H and O–H groups in total. The molecule has 0 heterocycles. The largest absolute Gasteiger partial charge is 0.386 e. The minimum Gasteiger partial charge on any atom is -0.386 e. The molecule has 0 aliphatic rings. The lowest BCUT2D eigenvalue weighted by atomic mass is 10.3. The first-order chi connectivity index (χ1) is 5.76. The van der Waals surface area contributed by atoms with E-state index in [1.165, 1.54) is 0 Å². The highest BCUT2D eigenvalue weighted by atomic mass is 16.7. The van der Waals surface area contributed by atoms with Crippen molar-refractivity contribution < 1.29 is 14.6 Å². The minimum atomic E-state index is -0.602. The lowest BCUT2D eigenvalue weighted by molar-refractivity contribution is -0.187. The van der Waals surface area contributed by atoms with Gasteiger partial charge in [-0.1, -0.05) is 0 Å². The Morgan fingerprint density at radius 1 is 1.25 bits per heavy atom. The molecule has 4 heteroatoms. The molecule has 74 valence electrons. The van der Waals surface area contributed by atoms with E-state index in [2.05, 4.69) is 5.32 Å². The molecule has 0 aromatic carbocycles. The van der Waals surface area contributed by atoms with Gasteiger partial charge in [-0.2, -0.15) is 0 Å². The summed E-state index contributed by atoms with van der Waals surface area (Å²) in [6.07, 6.45) is -1.11. The fourth-order valence-electron chi connectivity index (χ4n) is 0.904. The van der Waals surface area contributed by atoms with Gasteiger partial charge in [-0.25, -0.2) is 0 Å². The highest BCUT2D eigenvalue weighted by molar-refractivity contribution is 4.61. The number of hydrogen-bond donors (Lipinski definition) is 2. The standard InChI is InChI=1S/C8H19NO3/c1-4-11-8(12-5-2)7(10)6-9-3/h7-10H,4-6H2,1-3H3/t7-/m0/s1. The summed E-state index contributed by atoms with van der Waals surface area (Å²) in [5, 5.41) is 12.3. The zero-order valence-electron chi connectivity index (χ0n) is 8.04. The van der Waals surface area contributed by atoms with Crippen LogP contribution in [0.1, 0.15) is 13.8 Å². The van der Waals surface area contributed by atoms with Crippen molar-refractivity contribution in [3.8, 4) is 0 Å². The third-order valence-electron chi connectivity index (χ3n) is 1.39. The molecule has 0 aliphatic heterocycles. The Bertz CT molecular complexity index is 94.3. The van der Waals surface area contributed by atoms with Crippen molar-refractivity contribution in [2.45, 2.75) is 26.2 Å². The predicted molar refractivity (Wildman–Crippen MR) is 47.0 cm³/mol. The van der Waals surface area contributed by atoms with Crippen LogP contribution in [0.3, 0.4) is 0 Å². The van der Waals surface area contributed by atoms with E-state index in [1.807, 2.05) is 13.8 Å². The van der Waals surface area contributed by atoms with Gasteiger partial charge in [0, 0.05) is 19.8 Å². The minimum absolute atomic E-state index is 0.477. The van der Waals surface area contributed by atoms with E-state index in [0.29, 0.717) is 19.8 Å². The lowest BCUT2D eigenvalue weighted by Gasteiger charge is -2.22. The first kappa shape index (κ1) is 11.8. The Morgan fingerprint density at radius 2 is 1.75 bits per heavy atom. The summed E-state index contributed by atoms with van der Waals surface area (Å²) in [6, 6.07) is 0. The molecule has 0 unspecified atom stereocenters. The van der Waals surface area contributed by atoms with Gasteiger partial charge in [0.1, 0.15) is 6.10 Å². The number of aliphatic hydroxyl groups excluding tert-OH is 1. The number of nitrogens with one attached hydrogen (secondary N) is 1. The van der Waals surface area contributed by atoms with Gasteiger partial charge >= 0.3 is 0 Å². The van der Waals surface area contributed by atoms with Crippen LogP contribution in [0.15, 0.2) is 0 Å². The van der Waals surface area contributed by atoms with Gasteiger partial charge in [0.2, 0.25) is 0 Å². The zero-order chi connectivity index (χ0) is 9.40. The fraction of sp³-hybridized carbons (Fsp3) is 1.00. The number of likely N-dealkylation sites (N-methyl/N-ethyl adjacent to an activating group) is 1. The average Bonchev–Trinajstić information content (AvgIpc) is 2.04. The molecule has 0 aromatic heterocycles. The summed E-state index contributed by atoms with van der Waals surface area (Å²) in [5.74, 6) is 0. The van der Waals surface area contributed by atoms with Crippen molar-refractivity contribution in [2.24, 2.45) is 0 Å². The Hall–Kier alpha value is -0.160. The van der Waals surface area contributed by atoms with Gasteiger partial charge in [-0.3, -0.25) is 0 Å². The van der Waals surface area contributed by atoms with E-state index in [-0.39, 0.29) is 0 Å². The average molecular weight is 177 g/mol. The molecule has 0 fully saturated rings. The summed E-state index contributed by atoms with van der Waals surface area (Å²) < 4.78 is 10.4. The maximum atomic E-state index is 9.46. The van der Waals surface area contributed by atoms with Crippen LogP contribution in [-0.2, 0) is 9.47 Å². The summed E-state index contributed by atoms with van der Waals surface area (Å²) in [5.41, 5.74) is 0. The Labute approximate surface area is 73.9 Å². The third kappa shape index (κ3) is 4.66. The molecule has 0 saturated carbocycles. The van der Waals surface area contributed by atoms with Crippen molar-refractivity contribution in [2.75, 3.05) is 26.8 Å². The highest BCUT2D eigenvalue weighted by Crippen LogP contribution is 2.00. The van der Waals surface area contributed by atoms with Crippen LogP contribution in [0, 0.1) is 0 Å². The van der Waals surface area contributed by atoms with Crippen LogP contribution >= 0.6 is 0 Å². The van der Waals surface area contributed by atoms with Crippen molar-refractivity contribution in [1.29, 1.82) is 0 Å². The summed E-state index contributed by atoms with van der Waals surface area (Å²) in [7, 11) is 1.78. The molecule has 0 aromatic rings. The molecule has 0 amide bonds. The van der Waals surface area contributed by atoms with E-state index in [0.717, 1.165) is 0 Å². The zero-order valence-corrected chi connectivity index (χ0v) is 8.04. The summed E-state index contributed by atoms with van der Waals surface area (Å²) in [6.45, 7) is 5.32. The Kier molecular flexibility index (Phi) is 7.39. The normalized spacial score (nSPS) is 13.8. The van der Waals surface area contributed by atoms with Crippen LogP contribution in [0.25, 0.3) is 0 Å². The molecule has 0 saturated heterocycles. The first-order valence-corrected chi connectivity index (χ1v) is 4.32. The molecule has 0 bridgehead atoms. The molecule has 4 nitrogen and oxygen atoms in total. The van der Waals surface area contributed by atoms with Crippen LogP contribution in [0.2, 0.25) is 0 Å². The molecular weight excluding hydrogens is 158 g/mol. The van der Waals surface area contributed by atoms with E-state index < -0.39 is 12.4 Å². The SMILES string of the molecule is CCOC(OCC)[C@@H](O)CNC. The Morgan fingerprint density at radius 3 is 2.08 bits per heavy atom. The van der Waals surface area contributed by atoms with E-state index in [4.69, 9.17) is 9.47 Å². The molecular formula is C8H19NO3. The van der Waals surface area contributed by atoms with Gasteiger partial charge in [0.15, 0.2) is 6.29 Å². The van der Waals surface area contributed by atoms with Gasteiger partial charge in [-0.05, 0) is 20.9 Å². The number of rotatable bonds is 7. The second-order valence-electron chi connectivity index (χ2n) is 2.40. The molecule has 1 atom stereocenters. The second-order valence-corrected chi connectivity index (χ2v) is 2.40. The van der Waals surface area contributed by atoms with Crippen molar-refractivity contribution in [3.05, 3.63) is 0 Å². The quantitative estimate of drug-likeness (QED) is 0.536. The van der Waals surface area contributed by atoms with E-state index in [9.17, 15) is 5.11 Å². The molecule has 0 radical (unpaired) electrons. The molecule has 0 rings (SSSR count). The summed E-state index contributed by atoms with van der Waals surface area (Å²) in [4.78, 5) is 0. The first-order valence-electron chi connectivity index (χ1n) is 4.32. The second kappa shape index (κ2) is 7.49. The predicted octanol–water partition coefficient (Wildman–Crippen LogP) is -0.0342. The maximum absolute atomic E-state index is 9.46. The van der Waals surface area contributed by atoms with Gasteiger partial charge in [-0.15, -0.1) is 0 Å². The van der Waals surface area contributed by atoms with E-state index in [1.54, 1.807) is 7.05 Å². The van der Waals surface area contributed by atoms with Crippen LogP contribution in [0.4, 0.5) is 0 Å². The number of hydrogen-bond acceptors (Lipinski definition) is 4. The van der Waals surface area contributed by atoms with Gasteiger partial charge in [0.25, 0.3) is 0 Å². The monoisotopic (exact) mass is 177 g/mol. The van der Waals surface area contributed by atoms with Crippen molar-refractivity contribution in [1.82, 2.24) is 5.32 Å². The third-order valence-corrected chi connectivity index (χ3v) is 1.39. The van der Waals surface area contributed by atoms with Crippen LogP contribution < -0.4 is 5.32 Å². The highest BCUT2D eigenvalue weighted by Gasteiger charge is 2.18. The lowest BCUT2D eigenvalue weighted by Crippen LogP contribution is -2.38. The van der Waals surface area contributed by atoms with Crippen molar-refractivity contribution in [3.63, 3.8) is 0 Å². The molecule has 0 spiro atoms. The maximum Gasteiger partial charge on any atom is 0.184 e. The molecule has 0 aliphatic carbocycles. The number of aliphatic hydroxyl groups is 1. The van der Waals surface area contributed by atoms with Gasteiger partial charge < -0.3 is 19.9 Å². The summed E-state index contributed by atoms with van der Waals surface area (Å²) >= 11 is 0. The number of ether oxygens (including phenoxy) is 2. The smallest absolute Gasteiger partial charge is 0.184 e. The van der Waals surface area contributed by atoms with Crippen molar-refractivity contribution >= 4 is 0 Å². The topological polar surface area (TPSA) is 50.7 Å². The van der Waals surface area contributed by atoms with Crippen LogP contribution in [-0.4, -0.2) is 44.3 Å². The van der Waals surface area contributed by atoms with Gasteiger partial charge in [0.05, 0.1) is 0 Å². The fourth-order valence-corrected chi connectivity index (χ4v) is 0.904. The Balaban J connectivity index is 3.72.